The van der Waals surface area contributed by atoms with Gasteiger partial charge in [-0.1, -0.05) is 12.1 Å². The number of benzene rings is 1. The third-order valence-corrected chi connectivity index (χ3v) is 3.30. The quantitative estimate of drug-likeness (QED) is 0.821. The molecule has 0 fully saturated rings. The van der Waals surface area contributed by atoms with E-state index in [0.717, 1.165) is 11.3 Å². The number of rotatable bonds is 4. The molecule has 0 saturated heterocycles. The average molecular weight is 231 g/mol. The summed E-state index contributed by atoms with van der Waals surface area (Å²) in [5.74, 6) is 0.928. The molecule has 2 aromatic rings. The van der Waals surface area contributed by atoms with Crippen molar-refractivity contribution in [2.24, 2.45) is 0 Å². The number of nitrogens with zero attached hydrogens (tertiary/aromatic N) is 1. The van der Waals surface area contributed by atoms with Gasteiger partial charge in [-0.3, -0.25) is 4.98 Å². The molecule has 1 heterocycles. The van der Waals surface area contributed by atoms with Crippen LogP contribution >= 0.6 is 11.8 Å². The lowest BCUT2D eigenvalue weighted by Gasteiger charge is -2.03. The van der Waals surface area contributed by atoms with Crippen molar-refractivity contribution in [2.75, 3.05) is 0 Å². The highest BCUT2D eigenvalue weighted by atomic mass is 32.2. The Bertz CT molecular complexity index is 445. The van der Waals surface area contributed by atoms with Crippen LogP contribution in [0.3, 0.4) is 0 Å². The minimum Gasteiger partial charge on any atom is -0.392 e. The van der Waals surface area contributed by atoms with Crippen molar-refractivity contribution in [2.45, 2.75) is 17.3 Å². The molecule has 16 heavy (non-hydrogen) atoms. The molecule has 0 radical (unpaired) electrons. The highest BCUT2D eigenvalue weighted by Gasteiger charge is 1.97. The van der Waals surface area contributed by atoms with Gasteiger partial charge in [0, 0.05) is 23.0 Å². The topological polar surface area (TPSA) is 33.1 Å². The molecule has 2 rings (SSSR count). The first-order chi connectivity index (χ1) is 7.88. The van der Waals surface area contributed by atoms with Gasteiger partial charge in [0.2, 0.25) is 0 Å². The molecule has 0 bridgehead atoms. The molecule has 0 aliphatic carbocycles. The molecule has 0 spiro atoms. The predicted octanol–water partition coefficient (Wildman–Crippen LogP) is 2.87. The van der Waals surface area contributed by atoms with Crippen LogP contribution in [0, 0.1) is 0 Å². The predicted molar refractivity (Wildman–Crippen MR) is 66.2 cm³/mol. The number of thioether (sulfide) groups is 1. The van der Waals surface area contributed by atoms with Crippen LogP contribution < -0.4 is 0 Å². The molecular formula is C13H13NOS. The molecule has 1 aromatic heterocycles. The lowest BCUT2D eigenvalue weighted by atomic mass is 10.2. The minimum atomic E-state index is 0.101. The zero-order valence-electron chi connectivity index (χ0n) is 8.84. The van der Waals surface area contributed by atoms with Crippen LogP contribution in [0.2, 0.25) is 0 Å². The van der Waals surface area contributed by atoms with E-state index in [1.54, 1.807) is 24.2 Å². The maximum atomic E-state index is 9.03. The van der Waals surface area contributed by atoms with E-state index in [4.69, 9.17) is 5.11 Å². The van der Waals surface area contributed by atoms with E-state index in [9.17, 15) is 0 Å². The van der Waals surface area contributed by atoms with Gasteiger partial charge in [-0.15, -0.1) is 11.8 Å². The van der Waals surface area contributed by atoms with Crippen LogP contribution in [-0.2, 0) is 12.4 Å². The highest BCUT2D eigenvalue weighted by Crippen LogP contribution is 2.23. The SMILES string of the molecule is OCc1cccc(SCc2ccncc2)c1. The lowest BCUT2D eigenvalue weighted by molar-refractivity contribution is 0.281. The molecule has 0 saturated carbocycles. The second-order valence-corrected chi connectivity index (χ2v) is 4.50. The van der Waals surface area contributed by atoms with E-state index in [0.29, 0.717) is 0 Å². The molecular weight excluding hydrogens is 218 g/mol. The van der Waals surface area contributed by atoms with E-state index in [2.05, 4.69) is 11.1 Å². The zero-order chi connectivity index (χ0) is 11.2. The number of aliphatic hydroxyl groups is 1. The molecule has 0 amide bonds. The van der Waals surface area contributed by atoms with Gasteiger partial charge < -0.3 is 5.11 Å². The third-order valence-electron chi connectivity index (χ3n) is 2.24. The normalized spacial score (nSPS) is 10.3. The fraction of sp³-hybridized carbons (Fsp3) is 0.154. The fourth-order valence-electron chi connectivity index (χ4n) is 1.38. The fourth-order valence-corrected chi connectivity index (χ4v) is 2.31. The van der Waals surface area contributed by atoms with E-state index < -0.39 is 0 Å². The van der Waals surface area contributed by atoms with Gasteiger partial charge in [0.05, 0.1) is 6.61 Å². The van der Waals surface area contributed by atoms with Gasteiger partial charge in [-0.25, -0.2) is 0 Å². The number of hydrogen-bond donors (Lipinski definition) is 1. The van der Waals surface area contributed by atoms with E-state index >= 15 is 0 Å². The van der Waals surface area contributed by atoms with Gasteiger partial charge in [0.1, 0.15) is 0 Å². The molecule has 1 N–H and O–H groups in total. The molecule has 0 unspecified atom stereocenters. The summed E-state index contributed by atoms with van der Waals surface area (Å²) in [7, 11) is 0. The van der Waals surface area contributed by atoms with Crippen LogP contribution in [0.25, 0.3) is 0 Å². The summed E-state index contributed by atoms with van der Waals surface area (Å²) in [6.45, 7) is 0.101. The second kappa shape index (κ2) is 5.68. The number of hydrogen-bond acceptors (Lipinski definition) is 3. The van der Waals surface area contributed by atoms with Gasteiger partial charge >= 0.3 is 0 Å². The molecule has 0 aliphatic heterocycles. The Kier molecular flexibility index (Phi) is 3.97. The van der Waals surface area contributed by atoms with Gasteiger partial charge in [0.15, 0.2) is 0 Å². The van der Waals surface area contributed by atoms with Crippen molar-refractivity contribution in [3.63, 3.8) is 0 Å². The van der Waals surface area contributed by atoms with Crippen molar-refractivity contribution in [3.8, 4) is 0 Å². The van der Waals surface area contributed by atoms with Crippen LogP contribution in [0.4, 0.5) is 0 Å². The summed E-state index contributed by atoms with van der Waals surface area (Å²) in [5.41, 5.74) is 2.22. The molecule has 2 nitrogen and oxygen atoms in total. The molecule has 0 atom stereocenters. The number of aliphatic hydroxyl groups excluding tert-OH is 1. The van der Waals surface area contributed by atoms with Crippen LogP contribution in [0.5, 0.6) is 0 Å². The molecule has 1 aromatic carbocycles. The Balaban J connectivity index is 1.99. The lowest BCUT2D eigenvalue weighted by Crippen LogP contribution is -1.84. The Morgan fingerprint density at radius 3 is 2.62 bits per heavy atom. The van der Waals surface area contributed by atoms with Gasteiger partial charge in [-0.05, 0) is 35.4 Å². The first-order valence-corrected chi connectivity index (χ1v) is 6.08. The van der Waals surface area contributed by atoms with Crippen LogP contribution in [0.1, 0.15) is 11.1 Å². The Morgan fingerprint density at radius 1 is 1.06 bits per heavy atom. The number of pyridine rings is 1. The number of aromatic nitrogens is 1. The van der Waals surface area contributed by atoms with E-state index in [-0.39, 0.29) is 6.61 Å². The standard InChI is InChI=1S/C13H13NOS/c15-9-12-2-1-3-13(8-12)16-10-11-4-6-14-7-5-11/h1-8,15H,9-10H2. The Hall–Kier alpha value is -1.32. The molecule has 82 valence electrons. The maximum Gasteiger partial charge on any atom is 0.0682 e. The van der Waals surface area contributed by atoms with Crippen molar-refractivity contribution in [1.82, 2.24) is 4.98 Å². The monoisotopic (exact) mass is 231 g/mol. The largest absolute Gasteiger partial charge is 0.392 e. The Labute approximate surface area is 99.4 Å². The van der Waals surface area contributed by atoms with Crippen molar-refractivity contribution in [1.29, 1.82) is 0 Å². The van der Waals surface area contributed by atoms with Crippen LogP contribution in [0.15, 0.2) is 53.7 Å². The van der Waals surface area contributed by atoms with Crippen molar-refractivity contribution < 1.29 is 5.11 Å². The third kappa shape index (κ3) is 3.08. The highest BCUT2D eigenvalue weighted by molar-refractivity contribution is 7.98. The first kappa shape index (κ1) is 11.2. The van der Waals surface area contributed by atoms with Crippen LogP contribution in [-0.4, -0.2) is 10.1 Å². The van der Waals surface area contributed by atoms with Gasteiger partial charge in [-0.2, -0.15) is 0 Å². The Morgan fingerprint density at radius 2 is 1.88 bits per heavy atom. The second-order valence-electron chi connectivity index (χ2n) is 3.45. The minimum absolute atomic E-state index is 0.101. The summed E-state index contributed by atoms with van der Waals surface area (Å²) in [4.78, 5) is 5.17. The summed E-state index contributed by atoms with van der Waals surface area (Å²) in [6, 6.07) is 12.0. The van der Waals surface area contributed by atoms with Gasteiger partial charge in [0.25, 0.3) is 0 Å². The summed E-state index contributed by atoms with van der Waals surface area (Å²) >= 11 is 1.76. The summed E-state index contributed by atoms with van der Waals surface area (Å²) in [6.07, 6.45) is 3.61. The van der Waals surface area contributed by atoms with E-state index in [1.165, 1.54) is 10.5 Å². The summed E-state index contributed by atoms with van der Waals surface area (Å²) < 4.78 is 0. The summed E-state index contributed by atoms with van der Waals surface area (Å²) in [5, 5.41) is 9.03. The average Bonchev–Trinajstić information content (AvgIpc) is 2.38. The smallest absolute Gasteiger partial charge is 0.0682 e. The van der Waals surface area contributed by atoms with E-state index in [1.807, 2.05) is 30.3 Å². The molecule has 0 aliphatic rings. The van der Waals surface area contributed by atoms with Crippen molar-refractivity contribution >= 4 is 11.8 Å². The molecule has 3 heteroatoms. The first-order valence-electron chi connectivity index (χ1n) is 5.10. The van der Waals surface area contributed by atoms with Crippen molar-refractivity contribution in [3.05, 3.63) is 59.9 Å². The maximum absolute atomic E-state index is 9.03. The zero-order valence-corrected chi connectivity index (χ0v) is 9.65.